The molecule has 126 valence electrons. The van der Waals surface area contributed by atoms with Crippen LogP contribution in [0.3, 0.4) is 0 Å². The molecule has 3 nitrogen and oxygen atoms in total. The summed E-state index contributed by atoms with van der Waals surface area (Å²) >= 11 is 0. The van der Waals surface area contributed by atoms with Gasteiger partial charge in [-0.3, -0.25) is 4.79 Å². The van der Waals surface area contributed by atoms with Crippen molar-refractivity contribution in [1.82, 2.24) is 5.32 Å². The molecule has 3 fully saturated rings. The first-order valence-corrected chi connectivity index (χ1v) is 9.35. The van der Waals surface area contributed by atoms with E-state index < -0.39 is 0 Å². The molecule has 0 spiro atoms. The smallest absolute Gasteiger partial charge is 0.243 e. The van der Waals surface area contributed by atoms with E-state index >= 15 is 0 Å². The fourth-order valence-electron chi connectivity index (χ4n) is 6.95. The van der Waals surface area contributed by atoms with Crippen molar-refractivity contribution in [3.05, 3.63) is 12.2 Å². The fourth-order valence-corrected chi connectivity index (χ4v) is 6.95. The SMILES string of the molecule is CC1CC2NC(=O)C=CC2(C)C2CCC3(C)C(CC[C@@H]3C=O)C12. The molecule has 0 aromatic heterocycles. The molecule has 7 unspecified atom stereocenters. The van der Waals surface area contributed by atoms with Crippen LogP contribution in [0.2, 0.25) is 0 Å². The van der Waals surface area contributed by atoms with Gasteiger partial charge in [-0.2, -0.15) is 0 Å². The summed E-state index contributed by atoms with van der Waals surface area (Å²) in [5.74, 6) is 2.96. The zero-order valence-electron chi connectivity index (χ0n) is 14.5. The van der Waals surface area contributed by atoms with Crippen molar-refractivity contribution in [2.45, 2.75) is 58.9 Å². The highest BCUT2D eigenvalue weighted by Gasteiger charge is 2.61. The number of carbonyl (C=O) groups excluding carboxylic acids is 2. The molecule has 1 amide bonds. The Kier molecular flexibility index (Phi) is 3.31. The Morgan fingerprint density at radius 2 is 2.00 bits per heavy atom. The summed E-state index contributed by atoms with van der Waals surface area (Å²) in [4.78, 5) is 23.4. The lowest BCUT2D eigenvalue weighted by Crippen LogP contribution is -2.61. The van der Waals surface area contributed by atoms with Crippen molar-refractivity contribution in [2.75, 3.05) is 0 Å². The van der Waals surface area contributed by atoms with Crippen LogP contribution in [0.15, 0.2) is 12.2 Å². The average Bonchev–Trinajstić information content (AvgIpc) is 2.85. The van der Waals surface area contributed by atoms with Crippen molar-refractivity contribution >= 4 is 12.2 Å². The normalized spacial score (nSPS) is 54.7. The molecule has 0 aromatic rings. The number of nitrogens with one attached hydrogen (secondary N) is 1. The highest BCUT2D eigenvalue weighted by Crippen LogP contribution is 2.65. The number of hydrogen-bond donors (Lipinski definition) is 1. The maximum atomic E-state index is 11.8. The minimum absolute atomic E-state index is 0.0701. The van der Waals surface area contributed by atoms with Crippen LogP contribution < -0.4 is 5.32 Å². The van der Waals surface area contributed by atoms with E-state index in [1.54, 1.807) is 6.08 Å². The summed E-state index contributed by atoms with van der Waals surface area (Å²) in [6, 6.07) is 0.281. The molecule has 1 heterocycles. The first kappa shape index (κ1) is 15.4. The van der Waals surface area contributed by atoms with Gasteiger partial charge in [0.05, 0.1) is 0 Å². The summed E-state index contributed by atoms with van der Waals surface area (Å²) < 4.78 is 0. The Balaban J connectivity index is 1.72. The molecular formula is C20H29NO2. The number of amides is 1. The largest absolute Gasteiger partial charge is 0.349 e. The maximum Gasteiger partial charge on any atom is 0.243 e. The Hall–Kier alpha value is -1.12. The molecule has 0 radical (unpaired) electrons. The molecule has 0 aromatic carbocycles. The van der Waals surface area contributed by atoms with E-state index in [-0.39, 0.29) is 28.7 Å². The van der Waals surface area contributed by atoms with Crippen LogP contribution in [0, 0.1) is 40.4 Å². The van der Waals surface area contributed by atoms with Gasteiger partial charge in [0, 0.05) is 17.4 Å². The number of carbonyl (C=O) groups is 2. The summed E-state index contributed by atoms with van der Waals surface area (Å²) in [6.45, 7) is 7.10. The van der Waals surface area contributed by atoms with Gasteiger partial charge < -0.3 is 10.1 Å². The second kappa shape index (κ2) is 4.94. The molecule has 8 atom stereocenters. The van der Waals surface area contributed by atoms with Gasteiger partial charge in [-0.05, 0) is 67.3 Å². The molecule has 3 heteroatoms. The minimum atomic E-state index is 0.0701. The Morgan fingerprint density at radius 3 is 2.74 bits per heavy atom. The van der Waals surface area contributed by atoms with Crippen molar-refractivity contribution in [1.29, 1.82) is 0 Å². The lowest BCUT2D eigenvalue weighted by Gasteiger charge is -2.60. The second-order valence-corrected chi connectivity index (χ2v) is 9.13. The summed E-state index contributed by atoms with van der Waals surface area (Å²) in [6.07, 6.45) is 10.9. The molecule has 3 aliphatic carbocycles. The van der Waals surface area contributed by atoms with E-state index in [0.717, 1.165) is 12.8 Å². The molecule has 0 bridgehead atoms. The maximum absolute atomic E-state index is 11.8. The Bertz CT molecular complexity index is 570. The predicted molar refractivity (Wildman–Crippen MR) is 89.6 cm³/mol. The fraction of sp³-hybridized carbons (Fsp3) is 0.800. The van der Waals surface area contributed by atoms with Crippen molar-refractivity contribution in [3.8, 4) is 0 Å². The highest BCUT2D eigenvalue weighted by atomic mass is 16.1. The van der Waals surface area contributed by atoms with Gasteiger partial charge in [-0.25, -0.2) is 0 Å². The van der Waals surface area contributed by atoms with Crippen molar-refractivity contribution in [2.24, 2.45) is 40.4 Å². The molecule has 1 N–H and O–H groups in total. The molecule has 1 aliphatic heterocycles. The van der Waals surface area contributed by atoms with Crippen molar-refractivity contribution in [3.63, 3.8) is 0 Å². The Morgan fingerprint density at radius 1 is 1.22 bits per heavy atom. The van der Waals surface area contributed by atoms with E-state index in [2.05, 4.69) is 32.2 Å². The van der Waals surface area contributed by atoms with Gasteiger partial charge in [-0.15, -0.1) is 0 Å². The summed E-state index contributed by atoms with van der Waals surface area (Å²) in [5, 5.41) is 3.23. The van der Waals surface area contributed by atoms with Crippen molar-refractivity contribution < 1.29 is 9.59 Å². The third kappa shape index (κ3) is 1.94. The van der Waals surface area contributed by atoms with Gasteiger partial charge >= 0.3 is 0 Å². The molecule has 4 rings (SSSR count). The van der Waals surface area contributed by atoms with E-state index in [1.165, 1.54) is 25.5 Å². The van der Waals surface area contributed by atoms with E-state index in [1.807, 2.05) is 0 Å². The highest BCUT2D eigenvalue weighted by molar-refractivity contribution is 5.89. The van der Waals surface area contributed by atoms with E-state index in [0.29, 0.717) is 23.7 Å². The van der Waals surface area contributed by atoms with E-state index in [4.69, 9.17) is 0 Å². The Labute approximate surface area is 139 Å². The van der Waals surface area contributed by atoms with Gasteiger partial charge in [0.15, 0.2) is 0 Å². The quantitative estimate of drug-likeness (QED) is 0.754. The van der Waals surface area contributed by atoms with Crippen LogP contribution in [0.4, 0.5) is 0 Å². The number of rotatable bonds is 1. The van der Waals surface area contributed by atoms with Gasteiger partial charge in [0.1, 0.15) is 6.29 Å². The van der Waals surface area contributed by atoms with Crippen LogP contribution in [-0.2, 0) is 9.59 Å². The monoisotopic (exact) mass is 315 g/mol. The molecule has 0 saturated heterocycles. The number of hydrogen-bond acceptors (Lipinski definition) is 2. The average molecular weight is 315 g/mol. The number of aldehydes is 1. The zero-order chi connectivity index (χ0) is 16.4. The predicted octanol–water partition coefficient (Wildman–Crippen LogP) is 3.34. The summed E-state index contributed by atoms with van der Waals surface area (Å²) in [7, 11) is 0. The molecule has 4 aliphatic rings. The first-order chi connectivity index (χ1) is 10.9. The van der Waals surface area contributed by atoms with Gasteiger partial charge in [0.25, 0.3) is 0 Å². The van der Waals surface area contributed by atoms with Crippen LogP contribution in [0.1, 0.15) is 52.9 Å². The van der Waals surface area contributed by atoms with Gasteiger partial charge in [0.2, 0.25) is 5.91 Å². The molecule has 23 heavy (non-hydrogen) atoms. The van der Waals surface area contributed by atoms with Crippen LogP contribution >= 0.6 is 0 Å². The minimum Gasteiger partial charge on any atom is -0.349 e. The first-order valence-electron chi connectivity index (χ1n) is 9.35. The third-order valence-corrected chi connectivity index (χ3v) is 8.29. The summed E-state index contributed by atoms with van der Waals surface area (Å²) in [5.41, 5.74) is 0.299. The van der Waals surface area contributed by atoms with Crippen LogP contribution in [-0.4, -0.2) is 18.2 Å². The molecule has 3 saturated carbocycles. The number of fused-ring (bicyclic) bond motifs is 5. The zero-order valence-corrected chi connectivity index (χ0v) is 14.5. The lowest BCUT2D eigenvalue weighted by atomic mass is 9.46. The van der Waals surface area contributed by atoms with E-state index in [9.17, 15) is 9.59 Å². The molecular weight excluding hydrogens is 286 g/mol. The third-order valence-electron chi connectivity index (χ3n) is 8.29. The standard InChI is InChI=1S/C20H29NO2/c1-12-10-16-20(3,9-7-17(23)21-16)15-6-8-19(2)13(11-22)4-5-14(19)18(12)15/h7,9,11-16,18H,4-6,8,10H2,1-3H3,(H,21,23)/t12?,13-,14?,15?,16?,18?,19?,20?/m1/s1. The second-order valence-electron chi connectivity index (χ2n) is 9.13. The van der Waals surface area contributed by atoms with Crippen LogP contribution in [0.25, 0.3) is 0 Å². The topological polar surface area (TPSA) is 46.2 Å². The lowest BCUT2D eigenvalue weighted by molar-refractivity contribution is -0.129. The van der Waals surface area contributed by atoms with Gasteiger partial charge in [-0.1, -0.05) is 26.8 Å². The van der Waals surface area contributed by atoms with Crippen LogP contribution in [0.5, 0.6) is 0 Å².